The third-order valence-corrected chi connectivity index (χ3v) is 4.43. The smallest absolute Gasteiger partial charge is 0.340 e. The highest BCUT2D eigenvalue weighted by atomic mass is 16.6. The Balaban J connectivity index is 2.82. The van der Waals surface area contributed by atoms with E-state index < -0.39 is 16.9 Å². The normalized spacial score (nSPS) is 11.0. The first-order valence-corrected chi connectivity index (χ1v) is 10.1. The highest BCUT2D eigenvalue weighted by Crippen LogP contribution is 2.37. The first-order valence-electron chi connectivity index (χ1n) is 10.1. The van der Waals surface area contributed by atoms with Gasteiger partial charge in [-0.3, -0.25) is 15.1 Å². The van der Waals surface area contributed by atoms with Crippen LogP contribution >= 0.6 is 0 Å². The zero-order chi connectivity index (χ0) is 23.3. The van der Waals surface area contributed by atoms with E-state index >= 15 is 0 Å². The largest absolute Gasteiger partial charge is 0.462 e. The van der Waals surface area contributed by atoms with Crippen molar-refractivity contribution in [1.82, 2.24) is 4.98 Å². The second-order valence-electron chi connectivity index (χ2n) is 8.17. The number of carbonyl (C=O) groups excluding carboxylic acids is 2. The van der Waals surface area contributed by atoms with Crippen molar-refractivity contribution >= 4 is 17.6 Å². The summed E-state index contributed by atoms with van der Waals surface area (Å²) in [5.74, 6) is -1.20. The zero-order valence-corrected chi connectivity index (χ0v) is 18.7. The number of ether oxygens (including phenoxy) is 2. The summed E-state index contributed by atoms with van der Waals surface area (Å²) in [5, 5.41) is 11.7. The van der Waals surface area contributed by atoms with Crippen molar-refractivity contribution in [1.29, 1.82) is 0 Å². The number of hydrogen-bond donors (Lipinski definition) is 0. The summed E-state index contributed by atoms with van der Waals surface area (Å²) in [7, 11) is 0. The van der Waals surface area contributed by atoms with Gasteiger partial charge in [-0.1, -0.05) is 39.8 Å². The molecule has 0 saturated carbocycles. The van der Waals surface area contributed by atoms with Gasteiger partial charge < -0.3 is 9.47 Å². The Hall–Kier alpha value is -3.29. The van der Waals surface area contributed by atoms with E-state index in [4.69, 9.17) is 9.47 Å². The van der Waals surface area contributed by atoms with Crippen LogP contribution in [0, 0.1) is 35.8 Å². The molecule has 2 aromatic rings. The number of aryl methyl sites for hydroxylation is 2. The van der Waals surface area contributed by atoms with Crippen LogP contribution in [0.1, 0.15) is 59.8 Å². The average molecular weight is 428 g/mol. The molecule has 0 N–H and O–H groups in total. The predicted octanol–water partition coefficient (Wildman–Crippen LogP) is 4.90. The SMILES string of the molecule is Cc1nc(C)c(C(=O)OCC(C)C)c(-c2ccccc2[N+](=O)[O-])c1C(=O)OCC(C)C. The van der Waals surface area contributed by atoms with Gasteiger partial charge in [0.1, 0.15) is 0 Å². The lowest BCUT2D eigenvalue weighted by atomic mass is 9.91. The number of nitro groups is 1. The van der Waals surface area contributed by atoms with Crippen LogP contribution in [0.25, 0.3) is 11.1 Å². The molecule has 0 unspecified atom stereocenters. The highest BCUT2D eigenvalue weighted by molar-refractivity contribution is 6.08. The molecule has 1 aromatic heterocycles. The van der Waals surface area contributed by atoms with E-state index in [2.05, 4.69) is 4.98 Å². The summed E-state index contributed by atoms with van der Waals surface area (Å²) in [6.45, 7) is 11.1. The molecular formula is C23H28N2O6. The minimum Gasteiger partial charge on any atom is -0.462 e. The first-order chi connectivity index (χ1) is 14.5. The molecule has 0 amide bonds. The monoisotopic (exact) mass is 428 g/mol. The molecule has 2 rings (SSSR count). The predicted molar refractivity (Wildman–Crippen MR) is 116 cm³/mol. The molecule has 1 heterocycles. The molecule has 0 aliphatic rings. The Morgan fingerprint density at radius 2 is 1.39 bits per heavy atom. The van der Waals surface area contributed by atoms with Crippen molar-refractivity contribution in [3.8, 4) is 11.1 Å². The molecule has 0 spiro atoms. The Kier molecular flexibility index (Phi) is 7.85. The van der Waals surface area contributed by atoms with Gasteiger partial charge in [0.25, 0.3) is 5.69 Å². The molecule has 0 bridgehead atoms. The van der Waals surface area contributed by atoms with Crippen LogP contribution in [-0.2, 0) is 9.47 Å². The van der Waals surface area contributed by atoms with Crippen LogP contribution in [0.5, 0.6) is 0 Å². The van der Waals surface area contributed by atoms with Gasteiger partial charge in [0.2, 0.25) is 0 Å². The fourth-order valence-electron chi connectivity index (χ4n) is 3.09. The van der Waals surface area contributed by atoms with E-state index in [9.17, 15) is 19.7 Å². The van der Waals surface area contributed by atoms with Crippen LogP contribution in [0.2, 0.25) is 0 Å². The Morgan fingerprint density at radius 1 is 0.935 bits per heavy atom. The minimum absolute atomic E-state index is 0.0250. The number of nitrogens with zero attached hydrogens (tertiary/aromatic N) is 2. The van der Waals surface area contributed by atoms with E-state index in [0.29, 0.717) is 11.4 Å². The fourth-order valence-corrected chi connectivity index (χ4v) is 3.09. The van der Waals surface area contributed by atoms with E-state index in [1.54, 1.807) is 19.9 Å². The maximum Gasteiger partial charge on any atom is 0.340 e. The summed E-state index contributed by atoms with van der Waals surface area (Å²) in [6.07, 6.45) is 0. The van der Waals surface area contributed by atoms with Crippen molar-refractivity contribution in [2.75, 3.05) is 13.2 Å². The second-order valence-corrected chi connectivity index (χ2v) is 8.17. The molecule has 0 radical (unpaired) electrons. The molecule has 31 heavy (non-hydrogen) atoms. The number of hydrogen-bond acceptors (Lipinski definition) is 7. The first kappa shape index (κ1) is 24.0. The molecule has 8 nitrogen and oxygen atoms in total. The van der Waals surface area contributed by atoms with Gasteiger partial charge in [0.15, 0.2) is 0 Å². The maximum absolute atomic E-state index is 13.0. The van der Waals surface area contributed by atoms with Crippen LogP contribution in [-0.4, -0.2) is 35.1 Å². The van der Waals surface area contributed by atoms with Crippen molar-refractivity contribution in [2.45, 2.75) is 41.5 Å². The lowest BCUT2D eigenvalue weighted by Crippen LogP contribution is -2.20. The van der Waals surface area contributed by atoms with Crippen molar-refractivity contribution in [3.05, 3.63) is 56.9 Å². The molecule has 0 atom stereocenters. The molecule has 0 saturated heterocycles. The van der Waals surface area contributed by atoms with Gasteiger partial charge in [0.05, 0.1) is 46.2 Å². The van der Waals surface area contributed by atoms with Gasteiger partial charge in [-0.25, -0.2) is 9.59 Å². The Bertz CT molecular complexity index is 950. The van der Waals surface area contributed by atoms with Crippen molar-refractivity contribution < 1.29 is 24.0 Å². The van der Waals surface area contributed by atoms with Crippen LogP contribution in [0.4, 0.5) is 5.69 Å². The zero-order valence-electron chi connectivity index (χ0n) is 18.7. The number of para-hydroxylation sites is 1. The fraction of sp³-hybridized carbons (Fsp3) is 0.435. The molecule has 0 aliphatic carbocycles. The van der Waals surface area contributed by atoms with Crippen LogP contribution in [0.3, 0.4) is 0 Å². The lowest BCUT2D eigenvalue weighted by Gasteiger charge is -2.19. The Morgan fingerprint density at radius 3 is 1.81 bits per heavy atom. The molecule has 0 aliphatic heterocycles. The number of carbonyl (C=O) groups is 2. The minimum atomic E-state index is -0.690. The van der Waals surface area contributed by atoms with Gasteiger partial charge >= 0.3 is 11.9 Å². The highest BCUT2D eigenvalue weighted by Gasteiger charge is 2.31. The number of esters is 2. The van der Waals surface area contributed by atoms with Crippen LogP contribution in [0.15, 0.2) is 24.3 Å². The lowest BCUT2D eigenvalue weighted by molar-refractivity contribution is -0.384. The average Bonchev–Trinajstić information content (AvgIpc) is 2.69. The quantitative estimate of drug-likeness (QED) is 0.334. The van der Waals surface area contributed by atoms with Crippen LogP contribution < -0.4 is 0 Å². The van der Waals surface area contributed by atoms with Crippen molar-refractivity contribution in [3.63, 3.8) is 0 Å². The van der Waals surface area contributed by atoms with E-state index in [0.717, 1.165) is 0 Å². The number of nitro benzene ring substituents is 1. The number of aromatic nitrogens is 1. The third-order valence-electron chi connectivity index (χ3n) is 4.43. The van der Waals surface area contributed by atoms with E-state index in [-0.39, 0.29) is 53.0 Å². The molecule has 0 fully saturated rings. The van der Waals surface area contributed by atoms with Gasteiger partial charge in [0, 0.05) is 11.6 Å². The molecule has 8 heteroatoms. The van der Waals surface area contributed by atoms with Gasteiger partial charge in [-0.2, -0.15) is 0 Å². The molecule has 166 valence electrons. The summed E-state index contributed by atoms with van der Waals surface area (Å²) in [6, 6.07) is 5.97. The van der Waals surface area contributed by atoms with Gasteiger partial charge in [-0.15, -0.1) is 0 Å². The van der Waals surface area contributed by atoms with Gasteiger partial charge in [-0.05, 0) is 31.7 Å². The molecule has 1 aromatic carbocycles. The summed E-state index contributed by atoms with van der Waals surface area (Å²) < 4.78 is 10.8. The maximum atomic E-state index is 13.0. The van der Waals surface area contributed by atoms with E-state index in [1.165, 1.54) is 18.2 Å². The Labute approximate surface area is 181 Å². The summed E-state index contributed by atoms with van der Waals surface area (Å²) in [4.78, 5) is 41.6. The number of rotatable bonds is 8. The second kappa shape index (κ2) is 10.1. The van der Waals surface area contributed by atoms with Crippen molar-refractivity contribution in [2.24, 2.45) is 11.8 Å². The topological polar surface area (TPSA) is 109 Å². The molecular weight excluding hydrogens is 400 g/mol. The summed E-state index contributed by atoms with van der Waals surface area (Å²) >= 11 is 0. The number of benzene rings is 1. The standard InChI is InChI=1S/C23H28N2O6/c1-13(2)11-30-22(26)19-15(5)24-16(6)20(23(27)31-12-14(3)4)21(19)17-9-7-8-10-18(17)25(28)29/h7-10,13-14H,11-12H2,1-6H3. The summed E-state index contributed by atoms with van der Waals surface area (Å²) in [5.41, 5.74) is 0.700. The number of pyridine rings is 1. The third kappa shape index (κ3) is 5.65. The van der Waals surface area contributed by atoms with E-state index in [1.807, 2.05) is 27.7 Å².